The molecule has 0 amide bonds. The summed E-state index contributed by atoms with van der Waals surface area (Å²) in [7, 11) is 0. The Bertz CT molecular complexity index is 199. The van der Waals surface area contributed by atoms with Crippen molar-refractivity contribution in [1.29, 1.82) is 0 Å². The van der Waals surface area contributed by atoms with E-state index in [9.17, 15) is 0 Å². The van der Waals surface area contributed by atoms with Crippen LogP contribution in [0, 0.1) is 0 Å². The lowest BCUT2D eigenvalue weighted by Crippen LogP contribution is -2.54. The van der Waals surface area contributed by atoms with Gasteiger partial charge in [0.05, 0.1) is 0 Å². The number of unbranched alkanes of at least 4 members (excludes halogenated alkanes) is 4. The SMILES string of the molecule is CCCCCCC(C)(CCCC)N1CCNCC1. The quantitative estimate of drug-likeness (QED) is 0.629. The van der Waals surface area contributed by atoms with E-state index >= 15 is 0 Å². The third kappa shape index (κ3) is 5.27. The first-order valence-electron chi connectivity index (χ1n) is 8.18. The summed E-state index contributed by atoms with van der Waals surface area (Å²) in [6.45, 7) is 12.0. The maximum atomic E-state index is 3.48. The fourth-order valence-corrected chi connectivity index (χ4v) is 3.14. The van der Waals surface area contributed by atoms with Gasteiger partial charge in [-0.2, -0.15) is 0 Å². The Morgan fingerprint density at radius 2 is 1.50 bits per heavy atom. The van der Waals surface area contributed by atoms with E-state index in [4.69, 9.17) is 0 Å². The average Bonchev–Trinajstić information content (AvgIpc) is 2.42. The summed E-state index contributed by atoms with van der Waals surface area (Å²) >= 11 is 0. The molecule has 2 nitrogen and oxygen atoms in total. The number of nitrogens with zero attached hydrogens (tertiary/aromatic N) is 1. The standard InChI is InChI=1S/C16H34N2/c1-4-6-8-9-11-16(3,10-7-5-2)18-14-12-17-13-15-18/h17H,4-15H2,1-3H3. The first kappa shape index (κ1) is 16.0. The first-order chi connectivity index (χ1) is 8.73. The summed E-state index contributed by atoms with van der Waals surface area (Å²) < 4.78 is 0. The molecule has 0 aromatic rings. The van der Waals surface area contributed by atoms with E-state index in [0.29, 0.717) is 5.54 Å². The molecule has 0 aromatic heterocycles. The first-order valence-corrected chi connectivity index (χ1v) is 8.18. The van der Waals surface area contributed by atoms with Gasteiger partial charge >= 0.3 is 0 Å². The third-order valence-corrected chi connectivity index (χ3v) is 4.52. The lowest BCUT2D eigenvalue weighted by atomic mass is 9.86. The largest absolute Gasteiger partial charge is 0.314 e. The molecule has 1 heterocycles. The smallest absolute Gasteiger partial charge is 0.0182 e. The van der Waals surface area contributed by atoms with Crippen molar-refractivity contribution in [3.05, 3.63) is 0 Å². The maximum absolute atomic E-state index is 3.48. The molecule has 0 aromatic carbocycles. The Labute approximate surface area is 115 Å². The fourth-order valence-electron chi connectivity index (χ4n) is 3.14. The van der Waals surface area contributed by atoms with Gasteiger partial charge in [0.15, 0.2) is 0 Å². The predicted octanol–water partition coefficient (Wildman–Crippen LogP) is 3.81. The monoisotopic (exact) mass is 254 g/mol. The zero-order valence-electron chi connectivity index (χ0n) is 12.9. The van der Waals surface area contributed by atoms with Gasteiger partial charge in [-0.1, -0.05) is 52.4 Å². The van der Waals surface area contributed by atoms with Crippen molar-refractivity contribution >= 4 is 0 Å². The number of hydrogen-bond donors (Lipinski definition) is 1. The van der Waals surface area contributed by atoms with Crippen LogP contribution in [0.4, 0.5) is 0 Å². The Kier molecular flexibility index (Phi) is 7.92. The van der Waals surface area contributed by atoms with Crippen molar-refractivity contribution in [2.45, 2.75) is 77.7 Å². The highest BCUT2D eigenvalue weighted by Gasteiger charge is 2.31. The molecule has 1 aliphatic rings. The van der Waals surface area contributed by atoms with Gasteiger partial charge in [-0.3, -0.25) is 4.90 Å². The molecule has 18 heavy (non-hydrogen) atoms. The average molecular weight is 254 g/mol. The van der Waals surface area contributed by atoms with E-state index in [1.165, 1.54) is 77.5 Å². The summed E-state index contributed by atoms with van der Waals surface area (Å²) in [5, 5.41) is 3.48. The van der Waals surface area contributed by atoms with Crippen molar-refractivity contribution in [2.75, 3.05) is 26.2 Å². The van der Waals surface area contributed by atoms with E-state index in [-0.39, 0.29) is 0 Å². The highest BCUT2D eigenvalue weighted by Crippen LogP contribution is 2.28. The summed E-state index contributed by atoms with van der Waals surface area (Å²) in [6, 6.07) is 0. The van der Waals surface area contributed by atoms with Gasteiger partial charge in [0.1, 0.15) is 0 Å². The summed E-state index contributed by atoms with van der Waals surface area (Å²) in [4.78, 5) is 2.76. The van der Waals surface area contributed by atoms with Gasteiger partial charge < -0.3 is 5.32 Å². The topological polar surface area (TPSA) is 15.3 Å². The Balaban J connectivity index is 2.44. The van der Waals surface area contributed by atoms with E-state index in [2.05, 4.69) is 31.0 Å². The molecule has 0 aliphatic carbocycles. The highest BCUT2D eigenvalue weighted by molar-refractivity contribution is 4.88. The fraction of sp³-hybridized carbons (Fsp3) is 1.00. The molecule has 2 heteroatoms. The molecule has 1 unspecified atom stereocenters. The predicted molar refractivity (Wildman–Crippen MR) is 81.1 cm³/mol. The van der Waals surface area contributed by atoms with Crippen LogP contribution in [0.1, 0.15) is 72.1 Å². The molecular weight excluding hydrogens is 220 g/mol. The van der Waals surface area contributed by atoms with Crippen LogP contribution in [0.3, 0.4) is 0 Å². The van der Waals surface area contributed by atoms with Crippen molar-refractivity contribution in [3.63, 3.8) is 0 Å². The maximum Gasteiger partial charge on any atom is 0.0182 e. The van der Waals surface area contributed by atoms with Crippen LogP contribution in [0.25, 0.3) is 0 Å². The Morgan fingerprint density at radius 3 is 2.11 bits per heavy atom. The molecule has 1 atom stereocenters. The minimum atomic E-state index is 0.464. The Morgan fingerprint density at radius 1 is 0.889 bits per heavy atom. The van der Waals surface area contributed by atoms with Gasteiger partial charge in [-0.15, -0.1) is 0 Å². The normalized spacial score (nSPS) is 20.8. The molecular formula is C16H34N2. The van der Waals surface area contributed by atoms with E-state index in [1.807, 2.05) is 0 Å². The lowest BCUT2D eigenvalue weighted by Gasteiger charge is -2.44. The van der Waals surface area contributed by atoms with Crippen LogP contribution in [0.2, 0.25) is 0 Å². The number of hydrogen-bond acceptors (Lipinski definition) is 2. The number of nitrogens with one attached hydrogen (secondary N) is 1. The van der Waals surface area contributed by atoms with Crippen LogP contribution in [-0.2, 0) is 0 Å². The van der Waals surface area contributed by atoms with Gasteiger partial charge in [0.2, 0.25) is 0 Å². The van der Waals surface area contributed by atoms with Crippen molar-refractivity contribution in [1.82, 2.24) is 10.2 Å². The molecule has 0 spiro atoms. The Hall–Kier alpha value is -0.0800. The highest BCUT2D eigenvalue weighted by atomic mass is 15.2. The van der Waals surface area contributed by atoms with E-state index in [0.717, 1.165) is 0 Å². The summed E-state index contributed by atoms with van der Waals surface area (Å²) in [6.07, 6.45) is 11.1. The van der Waals surface area contributed by atoms with Crippen LogP contribution < -0.4 is 5.32 Å². The number of rotatable bonds is 9. The second-order valence-electron chi connectivity index (χ2n) is 6.15. The molecule has 0 saturated carbocycles. The summed E-state index contributed by atoms with van der Waals surface area (Å²) in [5.41, 5.74) is 0.464. The van der Waals surface area contributed by atoms with Crippen LogP contribution in [0.15, 0.2) is 0 Å². The minimum Gasteiger partial charge on any atom is -0.314 e. The zero-order chi connectivity index (χ0) is 13.3. The molecule has 1 saturated heterocycles. The molecule has 0 radical (unpaired) electrons. The summed E-state index contributed by atoms with van der Waals surface area (Å²) in [5.74, 6) is 0. The molecule has 0 bridgehead atoms. The zero-order valence-corrected chi connectivity index (χ0v) is 12.9. The third-order valence-electron chi connectivity index (χ3n) is 4.52. The molecule has 108 valence electrons. The van der Waals surface area contributed by atoms with Crippen LogP contribution in [-0.4, -0.2) is 36.6 Å². The van der Waals surface area contributed by atoms with Crippen LogP contribution >= 0.6 is 0 Å². The van der Waals surface area contributed by atoms with Crippen LogP contribution in [0.5, 0.6) is 0 Å². The van der Waals surface area contributed by atoms with Gasteiger partial charge in [-0.05, 0) is 19.8 Å². The molecule has 1 N–H and O–H groups in total. The molecule has 1 aliphatic heterocycles. The minimum absolute atomic E-state index is 0.464. The van der Waals surface area contributed by atoms with Gasteiger partial charge in [0, 0.05) is 31.7 Å². The lowest BCUT2D eigenvalue weighted by molar-refractivity contribution is 0.0677. The molecule has 1 fully saturated rings. The van der Waals surface area contributed by atoms with Gasteiger partial charge in [0.25, 0.3) is 0 Å². The van der Waals surface area contributed by atoms with Crippen molar-refractivity contribution in [3.8, 4) is 0 Å². The van der Waals surface area contributed by atoms with Gasteiger partial charge in [-0.25, -0.2) is 0 Å². The second-order valence-corrected chi connectivity index (χ2v) is 6.15. The number of piperazine rings is 1. The van der Waals surface area contributed by atoms with E-state index in [1.54, 1.807) is 0 Å². The van der Waals surface area contributed by atoms with Crippen molar-refractivity contribution in [2.24, 2.45) is 0 Å². The molecule has 1 rings (SSSR count). The second kappa shape index (κ2) is 8.92. The van der Waals surface area contributed by atoms with Crippen molar-refractivity contribution < 1.29 is 0 Å². The van der Waals surface area contributed by atoms with E-state index < -0.39 is 0 Å².